The van der Waals surface area contributed by atoms with Gasteiger partial charge in [0.25, 0.3) is 11.7 Å². The Morgan fingerprint density at radius 3 is 2.21 bits per heavy atom. The summed E-state index contributed by atoms with van der Waals surface area (Å²) in [5, 5.41) is 11.5. The van der Waals surface area contributed by atoms with E-state index in [-0.39, 0.29) is 28.5 Å². The van der Waals surface area contributed by atoms with E-state index in [0.717, 1.165) is 0 Å². The average Bonchev–Trinajstić information content (AvgIpc) is 3.05. The van der Waals surface area contributed by atoms with E-state index in [0.29, 0.717) is 16.7 Å². The van der Waals surface area contributed by atoms with Crippen LogP contribution in [0.15, 0.2) is 66.2 Å². The number of rotatable bonds is 5. The SMILES string of the molecule is COc1c(Cl)cc(C)cc1/C(O)=C1\C(=O)C(=O)N(Cc2ccc(F)cc2)C1c1ccc(F)cc1. The fourth-order valence-electron chi connectivity index (χ4n) is 4.08. The predicted octanol–water partition coefficient (Wildman–Crippen LogP) is 5.56. The van der Waals surface area contributed by atoms with Crippen LogP contribution in [0.4, 0.5) is 8.78 Å². The molecule has 1 aliphatic rings. The molecule has 1 fully saturated rings. The molecule has 4 rings (SSSR count). The molecule has 0 radical (unpaired) electrons. The van der Waals surface area contributed by atoms with Crippen LogP contribution in [-0.2, 0) is 16.1 Å². The average molecular weight is 484 g/mol. The standard InChI is InChI=1S/C26H20ClF2NO4/c1-14-11-19(25(34-2)20(27)12-14)23(31)21-22(16-5-9-18(29)10-6-16)30(26(33)24(21)32)13-15-3-7-17(28)8-4-15/h3-12,22,31H,13H2,1-2H3/b23-21+. The van der Waals surface area contributed by atoms with Gasteiger partial charge in [0.05, 0.1) is 29.3 Å². The number of amides is 1. The summed E-state index contributed by atoms with van der Waals surface area (Å²) in [5.74, 6) is -3.01. The van der Waals surface area contributed by atoms with Gasteiger partial charge in [0.2, 0.25) is 0 Å². The number of aryl methyl sites for hydroxylation is 1. The lowest BCUT2D eigenvalue weighted by atomic mass is 9.94. The van der Waals surface area contributed by atoms with Crippen molar-refractivity contribution in [3.8, 4) is 5.75 Å². The Morgan fingerprint density at radius 1 is 1.03 bits per heavy atom. The number of benzene rings is 3. The molecule has 34 heavy (non-hydrogen) atoms. The topological polar surface area (TPSA) is 66.8 Å². The second-order valence-corrected chi connectivity index (χ2v) is 8.34. The molecular formula is C26H20ClF2NO4. The van der Waals surface area contributed by atoms with E-state index in [1.165, 1.54) is 60.5 Å². The van der Waals surface area contributed by atoms with Gasteiger partial charge in [-0.3, -0.25) is 9.59 Å². The Hall–Kier alpha value is -3.71. The fraction of sp³-hybridized carbons (Fsp3) is 0.154. The molecule has 1 N–H and O–H groups in total. The minimum absolute atomic E-state index is 0.0324. The third kappa shape index (κ3) is 4.26. The number of halogens is 3. The summed E-state index contributed by atoms with van der Waals surface area (Å²) in [6.45, 7) is 1.72. The molecular weight excluding hydrogens is 464 g/mol. The maximum Gasteiger partial charge on any atom is 0.295 e. The number of aliphatic hydroxyl groups excluding tert-OH is 1. The van der Waals surface area contributed by atoms with Gasteiger partial charge in [0.15, 0.2) is 0 Å². The number of methoxy groups -OCH3 is 1. The zero-order valence-electron chi connectivity index (χ0n) is 18.3. The minimum Gasteiger partial charge on any atom is -0.507 e. The number of aliphatic hydroxyl groups is 1. The van der Waals surface area contributed by atoms with E-state index < -0.39 is 35.1 Å². The van der Waals surface area contributed by atoms with Crippen LogP contribution in [0.25, 0.3) is 5.76 Å². The van der Waals surface area contributed by atoms with Crippen molar-refractivity contribution in [1.82, 2.24) is 4.90 Å². The fourth-order valence-corrected chi connectivity index (χ4v) is 4.43. The summed E-state index contributed by atoms with van der Waals surface area (Å²) in [4.78, 5) is 27.5. The van der Waals surface area contributed by atoms with E-state index in [4.69, 9.17) is 16.3 Å². The molecule has 8 heteroatoms. The third-order valence-electron chi connectivity index (χ3n) is 5.64. The molecule has 1 heterocycles. The van der Waals surface area contributed by atoms with Gasteiger partial charge in [-0.2, -0.15) is 0 Å². The summed E-state index contributed by atoms with van der Waals surface area (Å²) < 4.78 is 32.4. The van der Waals surface area contributed by atoms with Crippen LogP contribution >= 0.6 is 11.6 Å². The Morgan fingerprint density at radius 2 is 1.62 bits per heavy atom. The Balaban J connectivity index is 1.91. The van der Waals surface area contributed by atoms with E-state index in [9.17, 15) is 23.5 Å². The Labute approximate surface area is 199 Å². The number of likely N-dealkylation sites (tertiary alicyclic amines) is 1. The number of carbonyl (C=O) groups excluding carboxylic acids is 2. The first-order chi connectivity index (χ1) is 16.2. The molecule has 174 valence electrons. The lowest BCUT2D eigenvalue weighted by Crippen LogP contribution is -2.29. The lowest BCUT2D eigenvalue weighted by Gasteiger charge is -2.25. The van der Waals surface area contributed by atoms with Crippen molar-refractivity contribution < 1.29 is 28.2 Å². The normalized spacial score (nSPS) is 17.3. The largest absolute Gasteiger partial charge is 0.507 e. The van der Waals surface area contributed by atoms with Crippen LogP contribution in [0.2, 0.25) is 5.02 Å². The van der Waals surface area contributed by atoms with Crippen LogP contribution in [0.1, 0.15) is 28.3 Å². The van der Waals surface area contributed by atoms with E-state index >= 15 is 0 Å². The van der Waals surface area contributed by atoms with Crippen molar-refractivity contribution in [3.05, 3.63) is 105 Å². The molecule has 1 atom stereocenters. The number of Topliss-reactive ketones (excluding diaryl/α,β-unsaturated/α-hetero) is 1. The first-order valence-corrected chi connectivity index (χ1v) is 10.7. The summed E-state index contributed by atoms with van der Waals surface area (Å²) >= 11 is 6.28. The van der Waals surface area contributed by atoms with E-state index in [2.05, 4.69) is 0 Å². The molecule has 0 saturated carbocycles. The molecule has 1 aliphatic heterocycles. The van der Waals surface area contributed by atoms with Gasteiger partial charge in [-0.1, -0.05) is 35.9 Å². The number of nitrogens with zero attached hydrogens (tertiary/aromatic N) is 1. The molecule has 0 spiro atoms. The van der Waals surface area contributed by atoms with Gasteiger partial charge < -0.3 is 14.7 Å². The summed E-state index contributed by atoms with van der Waals surface area (Å²) in [7, 11) is 1.37. The monoisotopic (exact) mass is 483 g/mol. The second-order valence-electron chi connectivity index (χ2n) is 7.93. The van der Waals surface area contributed by atoms with E-state index in [1.807, 2.05) is 0 Å². The quantitative estimate of drug-likeness (QED) is 0.293. The third-order valence-corrected chi connectivity index (χ3v) is 5.92. The van der Waals surface area contributed by atoms with Crippen molar-refractivity contribution in [3.63, 3.8) is 0 Å². The van der Waals surface area contributed by atoms with Crippen LogP contribution in [-0.4, -0.2) is 28.8 Å². The van der Waals surface area contributed by atoms with Crippen LogP contribution in [0, 0.1) is 18.6 Å². The Bertz CT molecular complexity index is 1300. The Kier molecular flexibility index (Phi) is 6.39. The highest BCUT2D eigenvalue weighted by Gasteiger charge is 2.46. The molecule has 3 aromatic rings. The molecule has 0 aliphatic carbocycles. The van der Waals surface area contributed by atoms with E-state index in [1.54, 1.807) is 19.1 Å². The second kappa shape index (κ2) is 9.27. The number of hydrogen-bond acceptors (Lipinski definition) is 4. The summed E-state index contributed by atoms with van der Waals surface area (Å²) in [6, 6.07) is 13.0. The first kappa shape index (κ1) is 23.4. The van der Waals surface area contributed by atoms with Crippen molar-refractivity contribution in [1.29, 1.82) is 0 Å². The van der Waals surface area contributed by atoms with Gasteiger partial charge in [0, 0.05) is 6.54 Å². The molecule has 5 nitrogen and oxygen atoms in total. The number of carbonyl (C=O) groups is 2. The zero-order chi connectivity index (χ0) is 24.6. The summed E-state index contributed by atoms with van der Waals surface area (Å²) in [5.41, 5.74) is 1.66. The van der Waals surface area contributed by atoms with Gasteiger partial charge in [-0.15, -0.1) is 0 Å². The van der Waals surface area contributed by atoms with Crippen LogP contribution in [0.3, 0.4) is 0 Å². The first-order valence-electron chi connectivity index (χ1n) is 10.3. The van der Waals surface area contributed by atoms with Crippen molar-refractivity contribution in [2.75, 3.05) is 7.11 Å². The minimum atomic E-state index is -1.02. The number of ketones is 1. The zero-order valence-corrected chi connectivity index (χ0v) is 19.1. The molecule has 3 aromatic carbocycles. The van der Waals surface area contributed by atoms with Gasteiger partial charge in [0.1, 0.15) is 23.1 Å². The molecule has 1 amide bonds. The maximum atomic E-state index is 13.6. The van der Waals surface area contributed by atoms with Crippen molar-refractivity contribution >= 4 is 29.1 Å². The smallest absolute Gasteiger partial charge is 0.295 e. The van der Waals surface area contributed by atoms with Gasteiger partial charge in [-0.25, -0.2) is 8.78 Å². The molecule has 1 unspecified atom stereocenters. The number of hydrogen-bond donors (Lipinski definition) is 1. The molecule has 1 saturated heterocycles. The predicted molar refractivity (Wildman–Crippen MR) is 123 cm³/mol. The van der Waals surface area contributed by atoms with Gasteiger partial charge in [-0.05, 0) is 60.0 Å². The van der Waals surface area contributed by atoms with Gasteiger partial charge >= 0.3 is 0 Å². The molecule has 0 aromatic heterocycles. The summed E-state index contributed by atoms with van der Waals surface area (Å²) in [6.07, 6.45) is 0. The van der Waals surface area contributed by atoms with Crippen molar-refractivity contribution in [2.24, 2.45) is 0 Å². The highest BCUT2D eigenvalue weighted by atomic mass is 35.5. The highest BCUT2D eigenvalue weighted by molar-refractivity contribution is 6.46. The van der Waals surface area contributed by atoms with Crippen LogP contribution in [0.5, 0.6) is 5.75 Å². The number of ether oxygens (including phenoxy) is 1. The lowest BCUT2D eigenvalue weighted by molar-refractivity contribution is -0.140. The maximum absolute atomic E-state index is 13.6. The van der Waals surface area contributed by atoms with Crippen LogP contribution < -0.4 is 4.74 Å². The van der Waals surface area contributed by atoms with Crippen molar-refractivity contribution in [2.45, 2.75) is 19.5 Å². The highest BCUT2D eigenvalue weighted by Crippen LogP contribution is 2.43. The molecule has 0 bridgehead atoms.